The van der Waals surface area contributed by atoms with Gasteiger partial charge < -0.3 is 20.3 Å². The van der Waals surface area contributed by atoms with Crippen molar-refractivity contribution in [3.8, 4) is 0 Å². The summed E-state index contributed by atoms with van der Waals surface area (Å²) >= 11 is 0. The number of methoxy groups -OCH3 is 1. The van der Waals surface area contributed by atoms with E-state index in [2.05, 4.69) is 27.8 Å². The molecule has 1 aromatic rings. The van der Waals surface area contributed by atoms with Crippen LogP contribution in [-0.4, -0.2) is 50.1 Å². The van der Waals surface area contributed by atoms with Gasteiger partial charge in [-0.25, -0.2) is 0 Å². The highest BCUT2D eigenvalue weighted by Gasteiger charge is 2.22. The van der Waals surface area contributed by atoms with Crippen molar-refractivity contribution >= 4 is 35.8 Å². The van der Waals surface area contributed by atoms with E-state index >= 15 is 0 Å². The first-order valence-electron chi connectivity index (χ1n) is 9.10. The number of ether oxygens (including phenoxy) is 1. The molecule has 0 radical (unpaired) electrons. The largest absolute Gasteiger partial charge is 0.385 e. The summed E-state index contributed by atoms with van der Waals surface area (Å²) in [6, 6.07) is 8.27. The Morgan fingerprint density at radius 1 is 1.19 bits per heavy atom. The molecule has 1 amide bonds. The van der Waals surface area contributed by atoms with Crippen molar-refractivity contribution in [3.63, 3.8) is 0 Å². The van der Waals surface area contributed by atoms with Gasteiger partial charge >= 0.3 is 0 Å². The molecule has 0 unspecified atom stereocenters. The lowest BCUT2D eigenvalue weighted by Crippen LogP contribution is -2.38. The number of carbonyl (C=O) groups is 1. The van der Waals surface area contributed by atoms with E-state index in [1.165, 1.54) is 11.1 Å². The smallest absolute Gasteiger partial charge is 0.223 e. The lowest BCUT2D eigenvalue weighted by atomic mass is 10.1. The molecule has 0 saturated heterocycles. The van der Waals surface area contributed by atoms with Crippen LogP contribution in [0.5, 0.6) is 0 Å². The maximum Gasteiger partial charge on any atom is 0.223 e. The molecular formula is C19H31IN4O2. The fraction of sp³-hybridized carbons (Fsp3) is 0.579. The summed E-state index contributed by atoms with van der Waals surface area (Å²) in [5.41, 5.74) is 2.53. The monoisotopic (exact) mass is 474 g/mol. The Morgan fingerprint density at radius 3 is 2.50 bits per heavy atom. The average Bonchev–Trinajstić information content (AvgIpc) is 3.06. The molecule has 0 spiro atoms. The van der Waals surface area contributed by atoms with Crippen molar-refractivity contribution in [1.82, 2.24) is 15.5 Å². The maximum atomic E-state index is 12.4. The van der Waals surface area contributed by atoms with Gasteiger partial charge in [-0.2, -0.15) is 0 Å². The predicted molar refractivity (Wildman–Crippen MR) is 116 cm³/mol. The molecule has 1 aromatic carbocycles. The van der Waals surface area contributed by atoms with E-state index in [9.17, 15) is 4.79 Å². The lowest BCUT2D eigenvalue weighted by molar-refractivity contribution is -0.131. The zero-order valence-electron chi connectivity index (χ0n) is 15.8. The van der Waals surface area contributed by atoms with E-state index in [1.807, 2.05) is 24.0 Å². The Balaban J connectivity index is 0.00000338. The molecule has 2 rings (SSSR count). The minimum absolute atomic E-state index is 0. The van der Waals surface area contributed by atoms with E-state index in [-0.39, 0.29) is 29.9 Å². The van der Waals surface area contributed by atoms with Crippen LogP contribution in [0.3, 0.4) is 0 Å². The van der Waals surface area contributed by atoms with Crippen molar-refractivity contribution in [3.05, 3.63) is 35.4 Å². The van der Waals surface area contributed by atoms with Gasteiger partial charge in [-0.15, -0.1) is 24.0 Å². The van der Waals surface area contributed by atoms with Crippen molar-refractivity contribution in [2.24, 2.45) is 4.99 Å². The molecule has 2 N–H and O–H groups in total. The van der Waals surface area contributed by atoms with Crippen LogP contribution in [0.2, 0.25) is 0 Å². The number of aliphatic imine (C=N–C) groups is 1. The first-order valence-corrected chi connectivity index (χ1v) is 9.10. The Bertz CT molecular complexity index is 555. The van der Waals surface area contributed by atoms with Crippen LogP contribution in [0, 0.1) is 0 Å². The number of nitrogens with one attached hydrogen (secondary N) is 2. The fourth-order valence-electron chi connectivity index (χ4n) is 2.85. The molecular weight excluding hydrogens is 443 g/mol. The molecule has 0 aliphatic carbocycles. The molecule has 1 aliphatic heterocycles. The van der Waals surface area contributed by atoms with Crippen LogP contribution in [0.25, 0.3) is 0 Å². The minimum atomic E-state index is 0. The van der Waals surface area contributed by atoms with Crippen LogP contribution < -0.4 is 10.6 Å². The molecule has 1 aliphatic rings. The number of fused-ring (bicyclic) bond motifs is 1. The van der Waals surface area contributed by atoms with Gasteiger partial charge in [0, 0.05) is 52.9 Å². The molecule has 26 heavy (non-hydrogen) atoms. The van der Waals surface area contributed by atoms with Crippen LogP contribution in [0.4, 0.5) is 0 Å². The Kier molecular flexibility index (Phi) is 11.3. The van der Waals surface area contributed by atoms with Gasteiger partial charge in [-0.3, -0.25) is 9.79 Å². The Hall–Kier alpha value is -1.35. The third-order valence-electron chi connectivity index (χ3n) is 4.17. The first-order chi connectivity index (χ1) is 12.2. The maximum absolute atomic E-state index is 12.4. The highest BCUT2D eigenvalue weighted by atomic mass is 127. The number of guanidine groups is 1. The molecule has 7 heteroatoms. The highest BCUT2D eigenvalue weighted by Crippen LogP contribution is 2.22. The summed E-state index contributed by atoms with van der Waals surface area (Å²) < 4.78 is 5.04. The number of amides is 1. The van der Waals surface area contributed by atoms with Crippen LogP contribution in [0.15, 0.2) is 29.3 Å². The van der Waals surface area contributed by atoms with E-state index in [4.69, 9.17) is 4.74 Å². The van der Waals surface area contributed by atoms with E-state index < -0.39 is 0 Å². The molecule has 0 fully saturated rings. The average molecular weight is 474 g/mol. The topological polar surface area (TPSA) is 66.0 Å². The van der Waals surface area contributed by atoms with Crippen LogP contribution in [-0.2, 0) is 22.6 Å². The van der Waals surface area contributed by atoms with Crippen molar-refractivity contribution in [2.75, 3.05) is 33.4 Å². The third kappa shape index (κ3) is 7.49. The third-order valence-corrected chi connectivity index (χ3v) is 4.17. The SMILES string of the molecule is CCNC(=NCCCC(=O)N1Cc2ccccc2C1)NCCCOC.I. The highest BCUT2D eigenvalue weighted by molar-refractivity contribution is 14.0. The summed E-state index contributed by atoms with van der Waals surface area (Å²) in [4.78, 5) is 18.8. The van der Waals surface area contributed by atoms with Gasteiger partial charge in [0.2, 0.25) is 5.91 Å². The molecule has 0 atom stereocenters. The summed E-state index contributed by atoms with van der Waals surface area (Å²) in [7, 11) is 1.70. The van der Waals surface area contributed by atoms with Crippen molar-refractivity contribution in [2.45, 2.75) is 39.3 Å². The van der Waals surface area contributed by atoms with E-state index in [1.54, 1.807) is 7.11 Å². The predicted octanol–water partition coefficient (Wildman–Crippen LogP) is 2.52. The van der Waals surface area contributed by atoms with Crippen molar-refractivity contribution < 1.29 is 9.53 Å². The van der Waals surface area contributed by atoms with Crippen molar-refractivity contribution in [1.29, 1.82) is 0 Å². The fourth-order valence-corrected chi connectivity index (χ4v) is 2.85. The summed E-state index contributed by atoms with van der Waals surface area (Å²) in [6.07, 6.45) is 2.25. The second-order valence-electron chi connectivity index (χ2n) is 6.16. The molecule has 146 valence electrons. The summed E-state index contributed by atoms with van der Waals surface area (Å²) in [5, 5.41) is 6.49. The Labute approximate surface area is 173 Å². The number of rotatable bonds is 9. The summed E-state index contributed by atoms with van der Waals surface area (Å²) in [6.45, 7) is 6.54. The number of hydrogen-bond acceptors (Lipinski definition) is 3. The molecule has 1 heterocycles. The van der Waals surface area contributed by atoms with Gasteiger partial charge in [0.1, 0.15) is 0 Å². The van der Waals surface area contributed by atoms with Gasteiger partial charge in [-0.05, 0) is 30.9 Å². The number of nitrogens with zero attached hydrogens (tertiary/aromatic N) is 2. The molecule has 0 saturated carbocycles. The second-order valence-corrected chi connectivity index (χ2v) is 6.16. The standard InChI is InChI=1S/C19H30N4O2.HI/c1-3-20-19(22-12-7-13-25-2)21-11-6-10-18(24)23-14-16-8-4-5-9-17(16)15-23;/h4-5,8-9H,3,6-7,10-15H2,1-2H3,(H2,20,21,22);1H. The second kappa shape index (κ2) is 12.9. The lowest BCUT2D eigenvalue weighted by Gasteiger charge is -2.15. The van der Waals surface area contributed by atoms with Gasteiger partial charge in [-0.1, -0.05) is 24.3 Å². The number of carbonyl (C=O) groups excluding carboxylic acids is 1. The zero-order chi connectivity index (χ0) is 17.9. The quantitative estimate of drug-likeness (QED) is 0.250. The normalized spacial score (nSPS) is 13.2. The molecule has 0 aromatic heterocycles. The van der Waals surface area contributed by atoms with E-state index in [0.717, 1.165) is 51.6 Å². The number of halogens is 1. The number of hydrogen-bond donors (Lipinski definition) is 2. The molecule has 6 nitrogen and oxygen atoms in total. The number of benzene rings is 1. The molecule has 0 bridgehead atoms. The van der Waals surface area contributed by atoms with Gasteiger partial charge in [0.25, 0.3) is 0 Å². The minimum Gasteiger partial charge on any atom is -0.385 e. The van der Waals surface area contributed by atoms with E-state index in [0.29, 0.717) is 13.0 Å². The van der Waals surface area contributed by atoms with Crippen LogP contribution in [0.1, 0.15) is 37.3 Å². The van der Waals surface area contributed by atoms with Gasteiger partial charge in [0.15, 0.2) is 5.96 Å². The first kappa shape index (κ1) is 22.7. The van der Waals surface area contributed by atoms with Gasteiger partial charge in [0.05, 0.1) is 0 Å². The zero-order valence-corrected chi connectivity index (χ0v) is 18.1. The van der Waals surface area contributed by atoms with Crippen LogP contribution >= 0.6 is 24.0 Å². The Morgan fingerprint density at radius 2 is 1.88 bits per heavy atom. The summed E-state index contributed by atoms with van der Waals surface area (Å²) in [5.74, 6) is 1.02.